The van der Waals surface area contributed by atoms with Gasteiger partial charge in [-0.2, -0.15) is 0 Å². The van der Waals surface area contributed by atoms with Gasteiger partial charge in [-0.05, 0) is 12.8 Å². The van der Waals surface area contributed by atoms with Gasteiger partial charge in [0.05, 0.1) is 12.3 Å². The molecule has 0 saturated carbocycles. The molecule has 1 aliphatic rings. The van der Waals surface area contributed by atoms with E-state index in [0.29, 0.717) is 5.92 Å². The van der Waals surface area contributed by atoms with E-state index in [9.17, 15) is 0 Å². The lowest BCUT2D eigenvalue weighted by molar-refractivity contribution is 0.0796. The van der Waals surface area contributed by atoms with Crippen LogP contribution >= 0.6 is 11.3 Å². The Bertz CT molecular complexity index is 362. The van der Waals surface area contributed by atoms with Crippen LogP contribution in [0.15, 0.2) is 0 Å². The van der Waals surface area contributed by atoms with Crippen LogP contribution in [0.25, 0.3) is 0 Å². The average molecular weight is 240 g/mol. The number of nitrogens with zero attached hydrogens (tertiary/aromatic N) is 1. The number of hydrogen-bond donors (Lipinski definition) is 1. The first-order valence-corrected chi connectivity index (χ1v) is 6.64. The smallest absolute Gasteiger partial charge is 0.110 e. The van der Waals surface area contributed by atoms with Crippen LogP contribution < -0.4 is 5.73 Å². The number of thiazole rings is 1. The molecule has 2 N–H and O–H groups in total. The minimum absolute atomic E-state index is 0.0898. The van der Waals surface area contributed by atoms with E-state index in [4.69, 9.17) is 15.5 Å². The van der Waals surface area contributed by atoms with Crippen LogP contribution in [0.5, 0.6) is 0 Å². The molecule has 1 aromatic rings. The summed E-state index contributed by atoms with van der Waals surface area (Å²) in [5.41, 5.74) is 7.22. The first-order valence-electron chi connectivity index (χ1n) is 5.83. The number of hydrogen-bond acceptors (Lipinski definition) is 4. The van der Waals surface area contributed by atoms with Crippen LogP contribution in [0.4, 0.5) is 5.00 Å². The molecule has 0 amide bonds. The van der Waals surface area contributed by atoms with Gasteiger partial charge in [-0.25, -0.2) is 4.98 Å². The Labute approximate surface area is 101 Å². The second-order valence-electron chi connectivity index (χ2n) is 5.43. The van der Waals surface area contributed by atoms with Crippen LogP contribution in [0.2, 0.25) is 0 Å². The molecule has 1 aliphatic heterocycles. The Morgan fingerprint density at radius 3 is 2.69 bits per heavy atom. The summed E-state index contributed by atoms with van der Waals surface area (Å²) in [5.74, 6) is 0.404. The zero-order chi connectivity index (χ0) is 11.8. The lowest BCUT2D eigenvalue weighted by atomic mass is 9.96. The summed E-state index contributed by atoms with van der Waals surface area (Å²) < 4.78 is 5.50. The molecule has 4 heteroatoms. The first kappa shape index (κ1) is 11.9. The monoisotopic (exact) mass is 240 g/mol. The van der Waals surface area contributed by atoms with Crippen molar-refractivity contribution in [1.29, 1.82) is 0 Å². The van der Waals surface area contributed by atoms with Crippen molar-refractivity contribution in [2.24, 2.45) is 0 Å². The number of anilines is 1. The fourth-order valence-corrected chi connectivity index (χ4v) is 2.89. The molecule has 2 rings (SSSR count). The Hall–Kier alpha value is -0.610. The molecule has 0 aliphatic carbocycles. The SMILES string of the molecule is CC(C)(C)c1nc(C2CCCOC2)c(N)s1. The lowest BCUT2D eigenvalue weighted by Gasteiger charge is -2.21. The predicted octanol–water partition coefficient (Wildman–Crippen LogP) is 2.92. The van der Waals surface area contributed by atoms with Crippen molar-refractivity contribution in [2.75, 3.05) is 18.9 Å². The van der Waals surface area contributed by atoms with Gasteiger partial charge in [0.15, 0.2) is 0 Å². The molecule has 0 bridgehead atoms. The van der Waals surface area contributed by atoms with Crippen LogP contribution in [-0.2, 0) is 10.2 Å². The molecule has 0 aromatic carbocycles. The molecule has 2 heterocycles. The summed E-state index contributed by atoms with van der Waals surface area (Å²) in [7, 11) is 0. The third kappa shape index (κ3) is 2.38. The van der Waals surface area contributed by atoms with Gasteiger partial charge in [0, 0.05) is 17.9 Å². The molecule has 1 fully saturated rings. The number of ether oxygens (including phenoxy) is 1. The quantitative estimate of drug-likeness (QED) is 0.821. The number of rotatable bonds is 1. The summed E-state index contributed by atoms with van der Waals surface area (Å²) in [6.45, 7) is 8.18. The zero-order valence-corrected chi connectivity index (χ0v) is 11.1. The van der Waals surface area contributed by atoms with Gasteiger partial charge >= 0.3 is 0 Å². The van der Waals surface area contributed by atoms with Crippen LogP contribution in [0.1, 0.15) is 50.2 Å². The van der Waals surface area contributed by atoms with Gasteiger partial charge in [-0.15, -0.1) is 11.3 Å². The fraction of sp³-hybridized carbons (Fsp3) is 0.750. The van der Waals surface area contributed by atoms with E-state index < -0.39 is 0 Å². The summed E-state index contributed by atoms with van der Waals surface area (Å²) in [5, 5.41) is 2.01. The highest BCUT2D eigenvalue weighted by Crippen LogP contribution is 2.36. The standard InChI is InChI=1S/C12H20N2OS/c1-12(2,3)11-14-9(10(13)16-11)8-5-4-6-15-7-8/h8H,4-7,13H2,1-3H3. The van der Waals surface area contributed by atoms with Crippen molar-refractivity contribution in [1.82, 2.24) is 4.98 Å². The Morgan fingerprint density at radius 1 is 1.44 bits per heavy atom. The third-order valence-corrected chi connectivity index (χ3v) is 4.20. The summed E-state index contributed by atoms with van der Waals surface area (Å²) in [4.78, 5) is 4.72. The van der Waals surface area contributed by atoms with Gasteiger partial charge in [-0.1, -0.05) is 20.8 Å². The Kier molecular flexibility index (Phi) is 3.22. The first-order chi connectivity index (χ1) is 7.48. The van der Waals surface area contributed by atoms with Crippen molar-refractivity contribution < 1.29 is 4.74 Å². The van der Waals surface area contributed by atoms with Gasteiger partial charge < -0.3 is 10.5 Å². The van der Waals surface area contributed by atoms with E-state index >= 15 is 0 Å². The molecular weight excluding hydrogens is 220 g/mol. The highest BCUT2D eigenvalue weighted by Gasteiger charge is 2.26. The fourth-order valence-electron chi connectivity index (χ4n) is 1.91. The Morgan fingerprint density at radius 2 is 2.19 bits per heavy atom. The normalized spacial score (nSPS) is 22.3. The molecular formula is C12H20N2OS. The van der Waals surface area contributed by atoms with Crippen molar-refractivity contribution in [3.63, 3.8) is 0 Å². The molecule has 1 saturated heterocycles. The summed E-state index contributed by atoms with van der Waals surface area (Å²) >= 11 is 1.63. The van der Waals surface area contributed by atoms with Gasteiger partial charge in [0.1, 0.15) is 10.0 Å². The van der Waals surface area contributed by atoms with Crippen LogP contribution in [-0.4, -0.2) is 18.2 Å². The van der Waals surface area contributed by atoms with Crippen molar-refractivity contribution in [3.8, 4) is 0 Å². The number of nitrogen functional groups attached to an aromatic ring is 1. The van der Waals surface area contributed by atoms with Crippen molar-refractivity contribution in [2.45, 2.75) is 44.9 Å². The summed E-state index contributed by atoms with van der Waals surface area (Å²) in [6, 6.07) is 0. The summed E-state index contributed by atoms with van der Waals surface area (Å²) in [6.07, 6.45) is 2.27. The Balaban J connectivity index is 2.24. The maximum atomic E-state index is 6.07. The number of aromatic nitrogens is 1. The minimum atomic E-state index is 0.0898. The maximum absolute atomic E-state index is 6.07. The molecule has 16 heavy (non-hydrogen) atoms. The molecule has 0 radical (unpaired) electrons. The largest absolute Gasteiger partial charge is 0.389 e. The topological polar surface area (TPSA) is 48.1 Å². The average Bonchev–Trinajstić information content (AvgIpc) is 2.61. The predicted molar refractivity (Wildman–Crippen MR) is 68.0 cm³/mol. The van der Waals surface area contributed by atoms with E-state index in [2.05, 4.69) is 20.8 Å². The molecule has 3 nitrogen and oxygen atoms in total. The van der Waals surface area contributed by atoms with E-state index in [-0.39, 0.29) is 5.41 Å². The van der Waals surface area contributed by atoms with E-state index in [1.165, 1.54) is 0 Å². The molecule has 90 valence electrons. The van der Waals surface area contributed by atoms with E-state index in [1.807, 2.05) is 0 Å². The highest BCUT2D eigenvalue weighted by molar-refractivity contribution is 7.15. The molecule has 0 spiro atoms. The maximum Gasteiger partial charge on any atom is 0.110 e. The third-order valence-electron chi connectivity index (χ3n) is 2.87. The minimum Gasteiger partial charge on any atom is -0.389 e. The van der Waals surface area contributed by atoms with E-state index in [0.717, 1.165) is 41.8 Å². The second kappa shape index (κ2) is 4.34. The number of nitrogens with two attached hydrogens (primary N) is 1. The highest BCUT2D eigenvalue weighted by atomic mass is 32.1. The van der Waals surface area contributed by atoms with Gasteiger partial charge in [-0.3, -0.25) is 0 Å². The van der Waals surface area contributed by atoms with Crippen molar-refractivity contribution >= 4 is 16.3 Å². The van der Waals surface area contributed by atoms with E-state index in [1.54, 1.807) is 11.3 Å². The van der Waals surface area contributed by atoms with Gasteiger partial charge in [0.25, 0.3) is 0 Å². The molecule has 1 unspecified atom stereocenters. The van der Waals surface area contributed by atoms with Crippen LogP contribution in [0, 0.1) is 0 Å². The molecule has 1 aromatic heterocycles. The van der Waals surface area contributed by atoms with Crippen LogP contribution in [0.3, 0.4) is 0 Å². The van der Waals surface area contributed by atoms with Gasteiger partial charge in [0.2, 0.25) is 0 Å². The zero-order valence-electron chi connectivity index (χ0n) is 10.2. The van der Waals surface area contributed by atoms with Crippen molar-refractivity contribution in [3.05, 3.63) is 10.7 Å². The lowest BCUT2D eigenvalue weighted by Crippen LogP contribution is -2.17. The molecule has 1 atom stereocenters. The second-order valence-corrected chi connectivity index (χ2v) is 6.46.